The average molecular weight is 315 g/mol. The molecule has 2 heterocycles. The Hall–Kier alpha value is -2.25. The monoisotopic (exact) mass is 315 g/mol. The highest BCUT2D eigenvalue weighted by atomic mass is 32.1. The average Bonchev–Trinajstić information content (AvgIpc) is 3.13. The molecule has 3 aromatic rings. The molecule has 22 heavy (non-hydrogen) atoms. The van der Waals surface area contributed by atoms with Crippen LogP contribution in [0.3, 0.4) is 0 Å². The number of thiazole rings is 1. The molecular formula is C15H17N5OS. The van der Waals surface area contributed by atoms with E-state index in [1.54, 1.807) is 6.20 Å². The van der Waals surface area contributed by atoms with Gasteiger partial charge in [-0.2, -0.15) is 0 Å². The van der Waals surface area contributed by atoms with Gasteiger partial charge in [0.1, 0.15) is 10.7 Å². The van der Waals surface area contributed by atoms with Crippen molar-refractivity contribution in [2.45, 2.75) is 26.3 Å². The number of carbonyl (C=O) groups is 1. The lowest BCUT2D eigenvalue weighted by molar-refractivity contribution is 0.103. The first kappa shape index (κ1) is 14.7. The molecule has 4 N–H and O–H groups in total. The maximum Gasteiger partial charge on any atom is 0.267 e. The van der Waals surface area contributed by atoms with Gasteiger partial charge >= 0.3 is 0 Å². The number of aromatic amines is 1. The zero-order valence-electron chi connectivity index (χ0n) is 12.2. The highest BCUT2D eigenvalue weighted by Gasteiger charge is 2.11. The molecule has 0 bridgehead atoms. The number of fused-ring (bicyclic) bond motifs is 1. The Morgan fingerprint density at radius 3 is 3.09 bits per heavy atom. The molecule has 0 aliphatic rings. The van der Waals surface area contributed by atoms with Crippen LogP contribution in [0, 0.1) is 0 Å². The summed E-state index contributed by atoms with van der Waals surface area (Å²) in [4.78, 5) is 24.6. The SMILES string of the molecule is CCCc1ncc(C(=O)Nc2ccc3nc(CN)[nH]c3c2)s1. The van der Waals surface area contributed by atoms with E-state index in [1.807, 2.05) is 18.2 Å². The number of rotatable bonds is 5. The molecule has 0 aliphatic carbocycles. The van der Waals surface area contributed by atoms with Crippen LogP contribution in [-0.4, -0.2) is 20.9 Å². The summed E-state index contributed by atoms with van der Waals surface area (Å²) in [5.74, 6) is 0.586. The molecule has 3 rings (SSSR count). The summed E-state index contributed by atoms with van der Waals surface area (Å²) in [6, 6.07) is 5.54. The van der Waals surface area contributed by atoms with E-state index >= 15 is 0 Å². The Morgan fingerprint density at radius 2 is 2.32 bits per heavy atom. The molecule has 0 radical (unpaired) electrons. The third kappa shape index (κ3) is 3.00. The molecule has 114 valence electrons. The van der Waals surface area contributed by atoms with Gasteiger partial charge in [0.15, 0.2) is 0 Å². The Labute approximate surface area is 131 Å². The summed E-state index contributed by atoms with van der Waals surface area (Å²) in [6.45, 7) is 2.45. The molecule has 6 nitrogen and oxygen atoms in total. The van der Waals surface area contributed by atoms with Gasteiger partial charge < -0.3 is 16.0 Å². The molecule has 1 amide bonds. The predicted octanol–water partition coefficient (Wildman–Crippen LogP) is 2.68. The number of imidazole rings is 1. The summed E-state index contributed by atoms with van der Waals surface area (Å²) in [6.07, 6.45) is 3.56. The summed E-state index contributed by atoms with van der Waals surface area (Å²) >= 11 is 1.44. The quantitative estimate of drug-likeness (QED) is 0.674. The lowest BCUT2D eigenvalue weighted by Gasteiger charge is -2.02. The number of anilines is 1. The third-order valence-corrected chi connectivity index (χ3v) is 4.28. The smallest absolute Gasteiger partial charge is 0.267 e. The summed E-state index contributed by atoms with van der Waals surface area (Å²) in [7, 11) is 0. The fourth-order valence-electron chi connectivity index (χ4n) is 2.17. The Balaban J connectivity index is 1.77. The van der Waals surface area contributed by atoms with Gasteiger partial charge in [0.05, 0.1) is 28.8 Å². The lowest BCUT2D eigenvalue weighted by atomic mass is 10.2. The number of nitrogens with zero attached hydrogens (tertiary/aromatic N) is 2. The van der Waals surface area contributed by atoms with Crippen LogP contribution in [0.25, 0.3) is 11.0 Å². The minimum absolute atomic E-state index is 0.141. The van der Waals surface area contributed by atoms with Crippen LogP contribution in [0.5, 0.6) is 0 Å². The normalized spacial score (nSPS) is 11.0. The van der Waals surface area contributed by atoms with Crippen LogP contribution < -0.4 is 11.1 Å². The molecule has 0 saturated carbocycles. The number of carbonyl (C=O) groups excluding carboxylic acids is 1. The Kier molecular flexibility index (Phi) is 4.17. The van der Waals surface area contributed by atoms with E-state index < -0.39 is 0 Å². The molecule has 7 heteroatoms. The Bertz CT molecular complexity index is 807. The number of nitrogens with one attached hydrogen (secondary N) is 2. The fourth-order valence-corrected chi connectivity index (χ4v) is 3.09. The van der Waals surface area contributed by atoms with Gasteiger partial charge in [-0.3, -0.25) is 4.79 Å². The van der Waals surface area contributed by atoms with Crippen LogP contribution in [-0.2, 0) is 13.0 Å². The van der Waals surface area contributed by atoms with Crippen molar-refractivity contribution < 1.29 is 4.79 Å². The van der Waals surface area contributed by atoms with Crippen molar-refractivity contribution in [3.8, 4) is 0 Å². The number of aromatic nitrogens is 3. The lowest BCUT2D eigenvalue weighted by Crippen LogP contribution is -2.09. The first-order valence-corrected chi connectivity index (χ1v) is 7.96. The van der Waals surface area contributed by atoms with E-state index in [0.717, 1.165) is 40.4 Å². The van der Waals surface area contributed by atoms with Crippen LogP contribution in [0.4, 0.5) is 5.69 Å². The highest BCUT2D eigenvalue weighted by Crippen LogP contribution is 2.20. The van der Waals surface area contributed by atoms with E-state index in [1.165, 1.54) is 11.3 Å². The molecule has 0 atom stereocenters. The zero-order chi connectivity index (χ0) is 15.5. The molecule has 0 unspecified atom stereocenters. The van der Waals surface area contributed by atoms with E-state index in [4.69, 9.17) is 5.73 Å². The van der Waals surface area contributed by atoms with Crippen molar-refractivity contribution in [3.05, 3.63) is 40.1 Å². The van der Waals surface area contributed by atoms with Gasteiger partial charge in [-0.1, -0.05) is 6.92 Å². The van der Waals surface area contributed by atoms with Crippen molar-refractivity contribution in [1.29, 1.82) is 0 Å². The topological polar surface area (TPSA) is 96.7 Å². The largest absolute Gasteiger partial charge is 0.341 e. The second kappa shape index (κ2) is 6.25. The number of benzene rings is 1. The number of hydrogen-bond donors (Lipinski definition) is 3. The molecule has 0 aliphatic heterocycles. The first-order chi connectivity index (χ1) is 10.7. The van der Waals surface area contributed by atoms with Crippen molar-refractivity contribution in [2.75, 3.05) is 5.32 Å². The fraction of sp³-hybridized carbons (Fsp3) is 0.267. The van der Waals surface area contributed by atoms with Crippen molar-refractivity contribution >= 4 is 34.0 Å². The summed E-state index contributed by atoms with van der Waals surface area (Å²) in [5, 5.41) is 3.88. The molecule has 0 fully saturated rings. The van der Waals surface area contributed by atoms with E-state index in [9.17, 15) is 4.79 Å². The van der Waals surface area contributed by atoms with Crippen LogP contribution in [0.2, 0.25) is 0 Å². The predicted molar refractivity (Wildman–Crippen MR) is 88.0 cm³/mol. The Morgan fingerprint density at radius 1 is 1.45 bits per heavy atom. The summed E-state index contributed by atoms with van der Waals surface area (Å²) in [5.41, 5.74) is 7.97. The maximum atomic E-state index is 12.2. The number of nitrogens with two attached hydrogens (primary N) is 1. The first-order valence-electron chi connectivity index (χ1n) is 7.14. The molecule has 0 saturated heterocycles. The van der Waals surface area contributed by atoms with E-state index in [0.29, 0.717) is 11.4 Å². The zero-order valence-corrected chi connectivity index (χ0v) is 13.0. The number of hydrogen-bond acceptors (Lipinski definition) is 5. The number of H-pyrrole nitrogens is 1. The van der Waals surface area contributed by atoms with Crippen LogP contribution >= 0.6 is 11.3 Å². The van der Waals surface area contributed by atoms with Gasteiger partial charge in [-0.25, -0.2) is 9.97 Å². The number of aryl methyl sites for hydroxylation is 1. The second-order valence-electron chi connectivity index (χ2n) is 4.94. The van der Waals surface area contributed by atoms with Gasteiger partial charge in [0, 0.05) is 5.69 Å². The minimum atomic E-state index is -0.141. The molecule has 2 aromatic heterocycles. The van der Waals surface area contributed by atoms with Crippen molar-refractivity contribution in [1.82, 2.24) is 15.0 Å². The molecule has 0 spiro atoms. The van der Waals surface area contributed by atoms with Crippen molar-refractivity contribution in [2.24, 2.45) is 5.73 Å². The second-order valence-corrected chi connectivity index (χ2v) is 6.06. The molecular weight excluding hydrogens is 298 g/mol. The van der Waals surface area contributed by atoms with Crippen LogP contribution in [0.15, 0.2) is 24.4 Å². The third-order valence-electron chi connectivity index (χ3n) is 3.22. The standard InChI is InChI=1S/C15H17N5OS/c1-2-3-14-17-8-12(22-14)15(21)18-9-4-5-10-11(6-9)20-13(7-16)19-10/h4-6,8H,2-3,7,16H2,1H3,(H,18,21)(H,19,20). The molecule has 1 aromatic carbocycles. The van der Waals surface area contributed by atoms with Gasteiger partial charge in [0.25, 0.3) is 5.91 Å². The van der Waals surface area contributed by atoms with Gasteiger partial charge in [-0.05, 0) is 31.0 Å². The number of amides is 1. The van der Waals surface area contributed by atoms with E-state index in [-0.39, 0.29) is 5.91 Å². The highest BCUT2D eigenvalue weighted by molar-refractivity contribution is 7.13. The van der Waals surface area contributed by atoms with Crippen molar-refractivity contribution in [3.63, 3.8) is 0 Å². The van der Waals surface area contributed by atoms with E-state index in [2.05, 4.69) is 27.2 Å². The van der Waals surface area contributed by atoms with Gasteiger partial charge in [0.2, 0.25) is 0 Å². The maximum absolute atomic E-state index is 12.2. The van der Waals surface area contributed by atoms with Crippen LogP contribution in [0.1, 0.15) is 33.8 Å². The minimum Gasteiger partial charge on any atom is -0.341 e. The summed E-state index contributed by atoms with van der Waals surface area (Å²) < 4.78 is 0. The van der Waals surface area contributed by atoms with Gasteiger partial charge in [-0.15, -0.1) is 11.3 Å².